The fraction of sp³-hybridized carbons (Fsp3) is 0.316. The van der Waals surface area contributed by atoms with E-state index in [1.807, 2.05) is 12.1 Å². The summed E-state index contributed by atoms with van der Waals surface area (Å²) in [4.78, 5) is 29.9. The molecule has 1 heterocycles. The van der Waals surface area contributed by atoms with Crippen molar-refractivity contribution in [1.29, 1.82) is 0 Å². The largest absolute Gasteiger partial charge is 0.416 e. The highest BCUT2D eigenvalue weighted by molar-refractivity contribution is 6.09. The molecule has 2 amide bonds. The molecule has 250 valence electrons. The molecule has 1 aliphatic carbocycles. The summed E-state index contributed by atoms with van der Waals surface area (Å²) in [5.41, 5.74) is 0.922. The first-order valence-corrected chi connectivity index (χ1v) is 16.2. The Morgan fingerprint density at radius 1 is 0.875 bits per heavy atom. The maximum atomic E-state index is 15.5. The zero-order chi connectivity index (χ0) is 34.2. The third-order valence-corrected chi connectivity index (χ3v) is 9.47. The second-order valence-corrected chi connectivity index (χ2v) is 12.6. The summed E-state index contributed by atoms with van der Waals surface area (Å²) in [6.07, 6.45) is -0.271. The van der Waals surface area contributed by atoms with Gasteiger partial charge in [0.15, 0.2) is 0 Å². The molecule has 0 saturated heterocycles. The number of anilines is 3. The number of alkyl halides is 3. The number of carbonyl (C=O) groups is 2. The Balaban J connectivity index is 1.46. The SMILES string of the molecule is CCc1ccc(NC(=O)[C@H]2Cc3c(F)cccc3N(C(=O)c3c(C)cccc3F)C2c2ccc(NC3CCCC3)cc2)cc1C(F)(F)F. The van der Waals surface area contributed by atoms with Crippen LogP contribution in [0.25, 0.3) is 0 Å². The van der Waals surface area contributed by atoms with Gasteiger partial charge in [0.05, 0.1) is 28.8 Å². The van der Waals surface area contributed by atoms with E-state index in [9.17, 15) is 22.8 Å². The third kappa shape index (κ3) is 6.53. The first-order chi connectivity index (χ1) is 23.0. The van der Waals surface area contributed by atoms with E-state index in [2.05, 4.69) is 10.6 Å². The lowest BCUT2D eigenvalue weighted by Gasteiger charge is -2.42. The first kappa shape index (κ1) is 33.2. The van der Waals surface area contributed by atoms with Crippen molar-refractivity contribution in [1.82, 2.24) is 0 Å². The standard InChI is InChI=1S/C38H36F5N3O2/c1-3-23-14-19-27(20-30(23)38(41,42)43)45-36(47)29-21-28-31(39)11-7-13-33(28)46(37(48)34-22(2)8-6-12-32(34)40)35(29)24-15-17-26(18-16-24)44-25-9-4-5-10-25/h6-8,11-20,25,29,35,44H,3-5,9-10,21H2,1-2H3,(H,45,47)/t29-,35?/m0/s1. The molecule has 48 heavy (non-hydrogen) atoms. The second kappa shape index (κ2) is 13.4. The molecule has 1 saturated carbocycles. The van der Waals surface area contributed by atoms with E-state index in [1.54, 1.807) is 38.1 Å². The van der Waals surface area contributed by atoms with Crippen LogP contribution >= 0.6 is 0 Å². The van der Waals surface area contributed by atoms with Crippen molar-refractivity contribution in [3.63, 3.8) is 0 Å². The van der Waals surface area contributed by atoms with Crippen LogP contribution in [0.3, 0.4) is 0 Å². The molecule has 1 aliphatic heterocycles. The van der Waals surface area contributed by atoms with Crippen LogP contribution in [0.4, 0.5) is 39.0 Å². The van der Waals surface area contributed by atoms with Crippen LogP contribution in [0.2, 0.25) is 0 Å². The van der Waals surface area contributed by atoms with Gasteiger partial charge in [-0.3, -0.25) is 14.5 Å². The number of hydrogen-bond donors (Lipinski definition) is 2. The number of nitrogens with one attached hydrogen (secondary N) is 2. The van der Waals surface area contributed by atoms with Crippen molar-refractivity contribution in [3.8, 4) is 0 Å². The van der Waals surface area contributed by atoms with E-state index < -0.39 is 47.1 Å². The van der Waals surface area contributed by atoms with Crippen LogP contribution in [-0.4, -0.2) is 17.9 Å². The van der Waals surface area contributed by atoms with Crippen LogP contribution in [0.5, 0.6) is 0 Å². The van der Waals surface area contributed by atoms with Crippen molar-refractivity contribution in [3.05, 3.63) is 124 Å². The Kier molecular flexibility index (Phi) is 9.27. The molecule has 4 aromatic rings. The van der Waals surface area contributed by atoms with Gasteiger partial charge in [-0.25, -0.2) is 8.78 Å². The van der Waals surface area contributed by atoms with E-state index in [4.69, 9.17) is 0 Å². The molecule has 0 radical (unpaired) electrons. The number of fused-ring (bicyclic) bond motifs is 1. The predicted molar refractivity (Wildman–Crippen MR) is 176 cm³/mol. The molecule has 1 fully saturated rings. The Bertz CT molecular complexity index is 1810. The number of aryl methyl sites for hydroxylation is 2. The van der Waals surface area contributed by atoms with Crippen LogP contribution in [0, 0.1) is 24.5 Å². The Morgan fingerprint density at radius 3 is 2.21 bits per heavy atom. The van der Waals surface area contributed by atoms with Crippen molar-refractivity contribution in [2.45, 2.75) is 70.6 Å². The highest BCUT2D eigenvalue weighted by atomic mass is 19.4. The van der Waals surface area contributed by atoms with Crippen molar-refractivity contribution >= 4 is 28.9 Å². The normalized spacial score (nSPS) is 18.0. The van der Waals surface area contributed by atoms with Gasteiger partial charge in [0.25, 0.3) is 5.91 Å². The molecule has 0 aromatic heterocycles. The summed E-state index contributed by atoms with van der Waals surface area (Å²) in [5.74, 6) is -4.05. The second-order valence-electron chi connectivity index (χ2n) is 12.6. The summed E-state index contributed by atoms with van der Waals surface area (Å²) in [6, 6.07) is 18.6. The summed E-state index contributed by atoms with van der Waals surface area (Å²) in [5, 5.41) is 6.13. The van der Waals surface area contributed by atoms with Crippen molar-refractivity contribution < 1.29 is 31.5 Å². The first-order valence-electron chi connectivity index (χ1n) is 16.2. The summed E-state index contributed by atoms with van der Waals surface area (Å²) < 4.78 is 72.5. The lowest BCUT2D eigenvalue weighted by molar-refractivity contribution is -0.138. The Labute approximate surface area is 276 Å². The highest BCUT2D eigenvalue weighted by Gasteiger charge is 2.44. The smallest absolute Gasteiger partial charge is 0.382 e. The molecular formula is C38H36F5N3O2. The maximum Gasteiger partial charge on any atom is 0.416 e. The van der Waals surface area contributed by atoms with E-state index in [0.29, 0.717) is 17.2 Å². The molecule has 2 atom stereocenters. The zero-order valence-electron chi connectivity index (χ0n) is 26.6. The number of nitrogens with zero attached hydrogens (tertiary/aromatic N) is 1. The minimum Gasteiger partial charge on any atom is -0.382 e. The third-order valence-electron chi connectivity index (χ3n) is 9.47. The molecule has 2 aliphatic rings. The fourth-order valence-electron chi connectivity index (χ4n) is 7.06. The molecule has 5 nitrogen and oxygen atoms in total. The molecule has 0 spiro atoms. The van der Waals surface area contributed by atoms with E-state index >= 15 is 8.78 Å². The quantitative estimate of drug-likeness (QED) is 0.194. The predicted octanol–water partition coefficient (Wildman–Crippen LogP) is 9.41. The number of benzene rings is 4. The van der Waals surface area contributed by atoms with Gasteiger partial charge in [0.2, 0.25) is 5.91 Å². The number of amides is 2. The number of carbonyl (C=O) groups excluding carboxylic acids is 2. The van der Waals surface area contributed by atoms with Crippen LogP contribution in [-0.2, 0) is 23.8 Å². The molecule has 0 bridgehead atoms. The zero-order valence-corrected chi connectivity index (χ0v) is 26.6. The van der Waals surface area contributed by atoms with Gasteiger partial charge >= 0.3 is 6.18 Å². The van der Waals surface area contributed by atoms with Crippen molar-refractivity contribution in [2.75, 3.05) is 15.5 Å². The Morgan fingerprint density at radius 2 is 1.54 bits per heavy atom. The van der Waals surface area contributed by atoms with E-state index in [-0.39, 0.29) is 40.9 Å². The number of halogens is 5. The topological polar surface area (TPSA) is 61.4 Å². The Hall–Kier alpha value is -4.73. The van der Waals surface area contributed by atoms with Crippen LogP contribution in [0.1, 0.15) is 76.8 Å². The average Bonchev–Trinajstić information content (AvgIpc) is 3.57. The highest BCUT2D eigenvalue weighted by Crippen LogP contribution is 2.45. The fourth-order valence-corrected chi connectivity index (χ4v) is 7.06. The lowest BCUT2D eigenvalue weighted by atomic mass is 9.80. The van der Waals surface area contributed by atoms with E-state index in [1.165, 1.54) is 35.2 Å². The van der Waals surface area contributed by atoms with Crippen molar-refractivity contribution in [2.24, 2.45) is 5.92 Å². The summed E-state index contributed by atoms with van der Waals surface area (Å²) in [6.45, 7) is 3.20. The number of rotatable bonds is 7. The van der Waals surface area contributed by atoms with Gasteiger partial charge in [-0.15, -0.1) is 0 Å². The summed E-state index contributed by atoms with van der Waals surface area (Å²) in [7, 11) is 0. The molecule has 6 rings (SSSR count). The van der Waals surface area contributed by atoms with Gasteiger partial charge in [-0.1, -0.05) is 56.2 Å². The minimum absolute atomic E-state index is 0.0769. The van der Waals surface area contributed by atoms with Crippen LogP contribution in [0.15, 0.2) is 78.9 Å². The summed E-state index contributed by atoms with van der Waals surface area (Å²) >= 11 is 0. The minimum atomic E-state index is -4.64. The van der Waals surface area contributed by atoms with E-state index in [0.717, 1.165) is 43.5 Å². The monoisotopic (exact) mass is 661 g/mol. The van der Waals surface area contributed by atoms with Crippen LogP contribution < -0.4 is 15.5 Å². The molecule has 10 heteroatoms. The maximum absolute atomic E-state index is 15.5. The van der Waals surface area contributed by atoms with Gasteiger partial charge in [0, 0.05) is 23.0 Å². The van der Waals surface area contributed by atoms with Gasteiger partial charge in [-0.05, 0) is 91.8 Å². The number of hydrogen-bond acceptors (Lipinski definition) is 3. The lowest BCUT2D eigenvalue weighted by Crippen LogP contribution is -2.47. The molecule has 4 aromatic carbocycles. The molecule has 1 unspecified atom stereocenters. The average molecular weight is 662 g/mol. The van der Waals surface area contributed by atoms with Gasteiger partial charge < -0.3 is 10.6 Å². The van der Waals surface area contributed by atoms with Gasteiger partial charge in [-0.2, -0.15) is 13.2 Å². The molecule has 2 N–H and O–H groups in total. The molecular weight excluding hydrogens is 625 g/mol. The van der Waals surface area contributed by atoms with Gasteiger partial charge in [0.1, 0.15) is 11.6 Å².